The number of piperidine rings is 1. The average Bonchev–Trinajstić information content (AvgIpc) is 2.52. The highest BCUT2D eigenvalue weighted by Crippen LogP contribution is 2.19. The highest BCUT2D eigenvalue weighted by molar-refractivity contribution is 7.88. The largest absolute Gasteiger partial charge is 0.497 e. The Morgan fingerprint density at radius 2 is 2.23 bits per heavy atom. The van der Waals surface area contributed by atoms with E-state index in [0.717, 1.165) is 17.7 Å². The summed E-state index contributed by atoms with van der Waals surface area (Å²) in [4.78, 5) is 12.2. The molecule has 2 rings (SSSR count). The number of hydrogen-bond donors (Lipinski definition) is 1. The van der Waals surface area contributed by atoms with Crippen LogP contribution >= 0.6 is 0 Å². The summed E-state index contributed by atoms with van der Waals surface area (Å²) >= 11 is 0. The van der Waals surface area contributed by atoms with E-state index < -0.39 is 10.0 Å². The van der Waals surface area contributed by atoms with Crippen molar-refractivity contribution < 1.29 is 17.9 Å². The minimum Gasteiger partial charge on any atom is -0.497 e. The van der Waals surface area contributed by atoms with Gasteiger partial charge in [0.1, 0.15) is 5.75 Å². The first-order chi connectivity index (χ1) is 10.4. The summed E-state index contributed by atoms with van der Waals surface area (Å²) in [6, 6.07) is 7.49. The number of benzene rings is 1. The number of methoxy groups -OCH3 is 1. The van der Waals surface area contributed by atoms with Crippen molar-refractivity contribution in [3.05, 3.63) is 29.8 Å². The Hall–Kier alpha value is -1.60. The Labute approximate surface area is 131 Å². The minimum atomic E-state index is -3.23. The molecule has 0 aliphatic carbocycles. The molecule has 0 spiro atoms. The zero-order valence-electron chi connectivity index (χ0n) is 12.9. The van der Waals surface area contributed by atoms with Gasteiger partial charge >= 0.3 is 0 Å². The summed E-state index contributed by atoms with van der Waals surface area (Å²) < 4.78 is 29.7. The van der Waals surface area contributed by atoms with Crippen molar-refractivity contribution in [2.24, 2.45) is 5.92 Å². The quantitative estimate of drug-likeness (QED) is 0.875. The van der Waals surface area contributed by atoms with Crippen LogP contribution in [0, 0.1) is 5.92 Å². The van der Waals surface area contributed by atoms with Gasteiger partial charge in [-0.1, -0.05) is 12.1 Å². The standard InChI is InChI=1S/C15H22N2O4S/c1-21-14-7-3-5-12(9-14)10-16-15(18)13-6-4-8-17(11-13)22(2,19)20/h3,5,7,9,13H,4,6,8,10-11H2,1-2H3,(H,16,18)/t13-/m0/s1. The van der Waals surface area contributed by atoms with Gasteiger partial charge in [0.05, 0.1) is 19.3 Å². The lowest BCUT2D eigenvalue weighted by Gasteiger charge is -2.30. The van der Waals surface area contributed by atoms with Crippen LogP contribution in [0.4, 0.5) is 0 Å². The Balaban J connectivity index is 1.91. The van der Waals surface area contributed by atoms with Crippen LogP contribution in [0.25, 0.3) is 0 Å². The molecule has 1 aromatic carbocycles. The maximum atomic E-state index is 12.2. The first-order valence-corrected chi connectivity index (χ1v) is 9.11. The number of carbonyl (C=O) groups excluding carboxylic acids is 1. The van der Waals surface area contributed by atoms with E-state index in [1.165, 1.54) is 10.6 Å². The Morgan fingerprint density at radius 3 is 2.91 bits per heavy atom. The zero-order chi connectivity index (χ0) is 16.2. The molecule has 1 N–H and O–H groups in total. The molecule has 1 heterocycles. The Bertz CT molecular complexity index is 630. The fourth-order valence-corrected chi connectivity index (χ4v) is 3.49. The van der Waals surface area contributed by atoms with Crippen LogP contribution in [0.2, 0.25) is 0 Å². The molecular weight excluding hydrogens is 304 g/mol. The van der Waals surface area contributed by atoms with E-state index in [9.17, 15) is 13.2 Å². The van der Waals surface area contributed by atoms with Gasteiger partial charge in [-0.3, -0.25) is 4.79 Å². The van der Waals surface area contributed by atoms with E-state index in [1.807, 2.05) is 24.3 Å². The molecule has 0 saturated carbocycles. The summed E-state index contributed by atoms with van der Waals surface area (Å²) in [5.41, 5.74) is 0.948. The number of nitrogens with zero attached hydrogens (tertiary/aromatic N) is 1. The third-order valence-corrected chi connectivity index (χ3v) is 5.09. The topological polar surface area (TPSA) is 75.7 Å². The number of sulfonamides is 1. The lowest BCUT2D eigenvalue weighted by Crippen LogP contribution is -2.44. The smallest absolute Gasteiger partial charge is 0.224 e. The summed E-state index contributed by atoms with van der Waals surface area (Å²) in [6.45, 7) is 1.17. The molecule has 1 saturated heterocycles. The van der Waals surface area contributed by atoms with Gasteiger partial charge in [-0.05, 0) is 30.5 Å². The molecule has 1 aliphatic heterocycles. The second-order valence-electron chi connectivity index (χ2n) is 5.53. The first-order valence-electron chi connectivity index (χ1n) is 7.26. The first kappa shape index (κ1) is 16.8. The number of ether oxygens (including phenoxy) is 1. The van der Waals surface area contributed by atoms with Crippen molar-refractivity contribution in [1.29, 1.82) is 0 Å². The molecule has 6 nitrogen and oxygen atoms in total. The summed E-state index contributed by atoms with van der Waals surface area (Å²) in [6.07, 6.45) is 2.61. The number of hydrogen-bond acceptors (Lipinski definition) is 4. The van der Waals surface area contributed by atoms with E-state index >= 15 is 0 Å². The predicted molar refractivity (Wildman–Crippen MR) is 84.0 cm³/mol. The van der Waals surface area contributed by atoms with Crippen LogP contribution in [0.3, 0.4) is 0 Å². The molecule has 122 valence electrons. The van der Waals surface area contributed by atoms with Crippen LogP contribution in [-0.4, -0.2) is 45.1 Å². The lowest BCUT2D eigenvalue weighted by molar-refractivity contribution is -0.126. The highest BCUT2D eigenvalue weighted by atomic mass is 32.2. The fourth-order valence-electron chi connectivity index (χ4n) is 2.57. The van der Waals surface area contributed by atoms with Gasteiger partial charge in [0, 0.05) is 19.6 Å². The maximum Gasteiger partial charge on any atom is 0.224 e. The molecule has 0 bridgehead atoms. The normalized spacial score (nSPS) is 19.6. The van der Waals surface area contributed by atoms with Crippen molar-refractivity contribution in [2.45, 2.75) is 19.4 Å². The molecule has 1 atom stereocenters. The van der Waals surface area contributed by atoms with E-state index in [4.69, 9.17) is 4.74 Å². The SMILES string of the molecule is COc1cccc(CNC(=O)[C@H]2CCCN(S(C)(=O)=O)C2)c1. The Kier molecular flexibility index (Phi) is 5.42. The summed E-state index contributed by atoms with van der Waals surface area (Å²) in [5, 5.41) is 2.88. The van der Waals surface area contributed by atoms with Crippen molar-refractivity contribution in [1.82, 2.24) is 9.62 Å². The monoisotopic (exact) mass is 326 g/mol. The molecule has 1 fully saturated rings. The predicted octanol–water partition coefficient (Wildman–Crippen LogP) is 0.983. The number of amides is 1. The summed E-state index contributed by atoms with van der Waals surface area (Å²) in [5.74, 6) is 0.359. The van der Waals surface area contributed by atoms with E-state index in [2.05, 4.69) is 5.32 Å². The van der Waals surface area contributed by atoms with Gasteiger partial charge in [0.15, 0.2) is 0 Å². The second kappa shape index (κ2) is 7.11. The second-order valence-corrected chi connectivity index (χ2v) is 7.51. The Morgan fingerprint density at radius 1 is 1.45 bits per heavy atom. The molecule has 1 amide bonds. The maximum absolute atomic E-state index is 12.2. The lowest BCUT2D eigenvalue weighted by atomic mass is 9.99. The van der Waals surface area contributed by atoms with Crippen molar-refractivity contribution >= 4 is 15.9 Å². The van der Waals surface area contributed by atoms with Gasteiger partial charge in [-0.25, -0.2) is 12.7 Å². The molecule has 1 aromatic rings. The molecule has 7 heteroatoms. The molecule has 0 aromatic heterocycles. The third kappa shape index (κ3) is 4.45. The van der Waals surface area contributed by atoms with Crippen LogP contribution < -0.4 is 10.1 Å². The van der Waals surface area contributed by atoms with Crippen molar-refractivity contribution in [3.63, 3.8) is 0 Å². The number of nitrogens with one attached hydrogen (secondary N) is 1. The van der Waals surface area contributed by atoms with Crippen LogP contribution in [0.15, 0.2) is 24.3 Å². The van der Waals surface area contributed by atoms with Gasteiger partial charge in [-0.2, -0.15) is 0 Å². The van der Waals surface area contributed by atoms with Gasteiger partial charge in [0.25, 0.3) is 0 Å². The van der Waals surface area contributed by atoms with Crippen LogP contribution in [0.1, 0.15) is 18.4 Å². The van der Waals surface area contributed by atoms with Crippen molar-refractivity contribution in [3.8, 4) is 5.75 Å². The molecule has 0 unspecified atom stereocenters. The third-order valence-electron chi connectivity index (χ3n) is 3.82. The molecular formula is C15H22N2O4S. The minimum absolute atomic E-state index is 0.101. The summed E-state index contributed by atoms with van der Waals surface area (Å²) in [7, 11) is -1.63. The van der Waals surface area contributed by atoms with Crippen LogP contribution in [0.5, 0.6) is 5.75 Å². The van der Waals surface area contributed by atoms with E-state index in [1.54, 1.807) is 7.11 Å². The highest BCUT2D eigenvalue weighted by Gasteiger charge is 2.29. The molecule has 1 aliphatic rings. The number of carbonyl (C=O) groups is 1. The van der Waals surface area contributed by atoms with Crippen molar-refractivity contribution in [2.75, 3.05) is 26.5 Å². The average molecular weight is 326 g/mol. The van der Waals surface area contributed by atoms with Crippen LogP contribution in [-0.2, 0) is 21.4 Å². The van der Waals surface area contributed by atoms with Gasteiger partial charge in [-0.15, -0.1) is 0 Å². The van der Waals surface area contributed by atoms with Gasteiger partial charge in [0.2, 0.25) is 15.9 Å². The molecule has 22 heavy (non-hydrogen) atoms. The zero-order valence-corrected chi connectivity index (χ0v) is 13.7. The fraction of sp³-hybridized carbons (Fsp3) is 0.533. The van der Waals surface area contributed by atoms with E-state index in [0.29, 0.717) is 19.5 Å². The number of rotatable bonds is 5. The molecule has 0 radical (unpaired) electrons. The van der Waals surface area contributed by atoms with E-state index in [-0.39, 0.29) is 18.4 Å². The van der Waals surface area contributed by atoms with Gasteiger partial charge < -0.3 is 10.1 Å².